The molecule has 3 heteroatoms. The molecular weight excluding hydrogens is 356 g/mol. The van der Waals surface area contributed by atoms with E-state index in [4.69, 9.17) is 4.74 Å². The van der Waals surface area contributed by atoms with Crippen molar-refractivity contribution in [2.24, 2.45) is 0 Å². The number of methoxy groups -OCH3 is 1. The van der Waals surface area contributed by atoms with Gasteiger partial charge in [0.15, 0.2) is 0 Å². The number of rotatable bonds is 1. The maximum atomic E-state index is 5.40. The Morgan fingerprint density at radius 1 is 1.00 bits per heavy atom. The molecule has 0 unspecified atom stereocenters. The molecular formula is C15H14Br2O. The van der Waals surface area contributed by atoms with Gasteiger partial charge in [0.05, 0.1) is 18.2 Å². The van der Waals surface area contributed by atoms with E-state index in [0.717, 1.165) is 11.1 Å². The molecule has 1 nitrogen and oxygen atoms in total. The van der Waals surface area contributed by atoms with Crippen LogP contribution in [-0.2, 0) is 5.41 Å². The van der Waals surface area contributed by atoms with E-state index in [-0.39, 0.29) is 5.41 Å². The lowest BCUT2D eigenvalue weighted by Gasteiger charge is -2.21. The molecule has 1 aromatic rings. The minimum atomic E-state index is 0.0394. The molecule has 18 heavy (non-hydrogen) atoms. The van der Waals surface area contributed by atoms with Crippen molar-refractivity contribution < 1.29 is 4.74 Å². The van der Waals surface area contributed by atoms with Gasteiger partial charge in [-0.2, -0.15) is 0 Å². The fourth-order valence-electron chi connectivity index (χ4n) is 1.57. The Morgan fingerprint density at radius 2 is 1.44 bits per heavy atom. The lowest BCUT2D eigenvalue weighted by Crippen LogP contribution is -2.12. The molecule has 94 valence electrons. The number of halogens is 2. The molecule has 0 atom stereocenters. The van der Waals surface area contributed by atoms with Gasteiger partial charge >= 0.3 is 0 Å². The fraction of sp³-hybridized carbons (Fsp3) is 0.333. The second-order valence-electron chi connectivity index (χ2n) is 4.79. The normalized spacial score (nSPS) is 9.89. The van der Waals surface area contributed by atoms with Gasteiger partial charge in [0.1, 0.15) is 5.75 Å². The molecule has 1 aromatic carbocycles. The zero-order valence-electron chi connectivity index (χ0n) is 10.8. The number of ether oxygens (including phenoxy) is 1. The van der Waals surface area contributed by atoms with Crippen LogP contribution in [0, 0.1) is 21.5 Å². The molecule has 0 bridgehead atoms. The smallest absolute Gasteiger partial charge is 0.150 e. The van der Waals surface area contributed by atoms with Crippen LogP contribution in [0.15, 0.2) is 12.1 Å². The second kappa shape index (κ2) is 6.32. The van der Waals surface area contributed by atoms with Crippen LogP contribution in [0.3, 0.4) is 0 Å². The summed E-state index contributed by atoms with van der Waals surface area (Å²) in [5.74, 6) is 6.70. The van der Waals surface area contributed by atoms with Crippen LogP contribution >= 0.6 is 31.9 Å². The lowest BCUT2D eigenvalue weighted by molar-refractivity contribution is 0.411. The van der Waals surface area contributed by atoms with Crippen molar-refractivity contribution in [3.63, 3.8) is 0 Å². The van der Waals surface area contributed by atoms with Gasteiger partial charge in [0, 0.05) is 31.9 Å². The largest absolute Gasteiger partial charge is 0.494 e. The van der Waals surface area contributed by atoms with E-state index < -0.39 is 0 Å². The SMILES string of the molecule is COc1c(C#CBr)cc(C(C)(C)C)cc1C#CBr. The van der Waals surface area contributed by atoms with Crippen LogP contribution in [-0.4, -0.2) is 7.11 Å². The van der Waals surface area contributed by atoms with E-state index in [1.807, 2.05) is 12.1 Å². The third kappa shape index (κ3) is 3.55. The first-order valence-electron chi connectivity index (χ1n) is 5.40. The zero-order valence-corrected chi connectivity index (χ0v) is 14.0. The van der Waals surface area contributed by atoms with Crippen molar-refractivity contribution in [3.8, 4) is 27.2 Å². The summed E-state index contributed by atoms with van der Waals surface area (Å²) >= 11 is 6.25. The summed E-state index contributed by atoms with van der Waals surface area (Å²) in [6.07, 6.45) is 0. The summed E-state index contributed by atoms with van der Waals surface area (Å²) in [6.45, 7) is 6.47. The predicted molar refractivity (Wildman–Crippen MR) is 83.3 cm³/mol. The highest BCUT2D eigenvalue weighted by Crippen LogP contribution is 2.31. The summed E-state index contributed by atoms with van der Waals surface area (Å²) in [4.78, 5) is 5.46. The van der Waals surface area contributed by atoms with E-state index in [1.165, 1.54) is 5.56 Å². The van der Waals surface area contributed by atoms with Gasteiger partial charge in [0.25, 0.3) is 0 Å². The molecule has 0 N–H and O–H groups in total. The molecule has 0 amide bonds. The fourth-order valence-corrected chi connectivity index (χ4v) is 2.00. The Hall–Kier alpha value is -0.900. The molecule has 0 saturated carbocycles. The Morgan fingerprint density at radius 3 is 1.72 bits per heavy atom. The second-order valence-corrected chi connectivity index (χ2v) is 5.59. The molecule has 0 radical (unpaired) electrons. The monoisotopic (exact) mass is 368 g/mol. The van der Waals surface area contributed by atoms with Gasteiger partial charge < -0.3 is 4.74 Å². The van der Waals surface area contributed by atoms with Gasteiger partial charge in [-0.1, -0.05) is 32.6 Å². The van der Waals surface area contributed by atoms with E-state index in [1.54, 1.807) is 7.11 Å². The van der Waals surface area contributed by atoms with Crippen molar-refractivity contribution in [2.75, 3.05) is 7.11 Å². The Labute approximate surface area is 126 Å². The number of hydrogen-bond acceptors (Lipinski definition) is 1. The van der Waals surface area contributed by atoms with Crippen molar-refractivity contribution >= 4 is 31.9 Å². The van der Waals surface area contributed by atoms with Crippen molar-refractivity contribution in [3.05, 3.63) is 28.8 Å². The van der Waals surface area contributed by atoms with Gasteiger partial charge in [-0.3, -0.25) is 0 Å². The molecule has 0 fully saturated rings. The molecule has 0 aliphatic rings. The van der Waals surface area contributed by atoms with Crippen molar-refractivity contribution in [1.29, 1.82) is 0 Å². The highest BCUT2D eigenvalue weighted by atomic mass is 79.9. The van der Waals surface area contributed by atoms with Gasteiger partial charge in [-0.15, -0.1) is 0 Å². The number of hydrogen-bond donors (Lipinski definition) is 0. The molecule has 0 heterocycles. The number of benzene rings is 1. The molecule has 0 aliphatic heterocycles. The summed E-state index contributed by atoms with van der Waals surface area (Å²) in [6, 6.07) is 4.10. The van der Waals surface area contributed by atoms with Gasteiger partial charge in [0.2, 0.25) is 0 Å². The summed E-state index contributed by atoms with van der Waals surface area (Å²) < 4.78 is 5.40. The third-order valence-electron chi connectivity index (χ3n) is 2.52. The van der Waals surface area contributed by atoms with Crippen molar-refractivity contribution in [1.82, 2.24) is 0 Å². The van der Waals surface area contributed by atoms with E-state index in [0.29, 0.717) is 5.75 Å². The first-order chi connectivity index (χ1) is 8.43. The average Bonchev–Trinajstić information content (AvgIpc) is 2.28. The third-order valence-corrected chi connectivity index (χ3v) is 2.92. The Kier molecular flexibility index (Phi) is 5.32. The average molecular weight is 370 g/mol. The highest BCUT2D eigenvalue weighted by Gasteiger charge is 2.18. The quantitative estimate of drug-likeness (QED) is 0.666. The highest BCUT2D eigenvalue weighted by molar-refractivity contribution is 9.12. The summed E-state index contributed by atoms with van der Waals surface area (Å²) in [5.41, 5.74) is 2.90. The lowest BCUT2D eigenvalue weighted by atomic mass is 9.85. The van der Waals surface area contributed by atoms with Gasteiger partial charge in [-0.25, -0.2) is 0 Å². The standard InChI is InChI=1S/C15H14Br2O/c1-15(2,3)13-9-11(5-7-16)14(18-4)12(10-13)6-8-17/h9-10H,1-4H3. The topological polar surface area (TPSA) is 9.23 Å². The minimum Gasteiger partial charge on any atom is -0.494 e. The molecule has 0 saturated heterocycles. The van der Waals surface area contributed by atoms with E-state index >= 15 is 0 Å². The first kappa shape index (κ1) is 15.2. The predicted octanol–water partition coefficient (Wildman–Crippen LogP) is 4.40. The van der Waals surface area contributed by atoms with Crippen LogP contribution in [0.25, 0.3) is 0 Å². The van der Waals surface area contributed by atoms with Crippen LogP contribution in [0.1, 0.15) is 37.5 Å². The van der Waals surface area contributed by atoms with Gasteiger partial charge in [-0.05, 0) is 32.8 Å². The van der Waals surface area contributed by atoms with Crippen LogP contribution in [0.4, 0.5) is 0 Å². The first-order valence-corrected chi connectivity index (χ1v) is 6.98. The summed E-state index contributed by atoms with van der Waals surface area (Å²) in [5, 5.41) is 0. The maximum Gasteiger partial charge on any atom is 0.150 e. The van der Waals surface area contributed by atoms with Crippen LogP contribution < -0.4 is 4.74 Å². The van der Waals surface area contributed by atoms with Crippen LogP contribution in [0.5, 0.6) is 5.75 Å². The van der Waals surface area contributed by atoms with E-state index in [9.17, 15) is 0 Å². The molecule has 0 aromatic heterocycles. The molecule has 1 rings (SSSR count). The van der Waals surface area contributed by atoms with E-state index in [2.05, 4.69) is 74.1 Å². The Balaban J connectivity index is 3.60. The maximum absolute atomic E-state index is 5.40. The molecule has 0 spiro atoms. The Bertz CT molecular complexity index is 519. The zero-order chi connectivity index (χ0) is 13.8. The minimum absolute atomic E-state index is 0.0394. The van der Waals surface area contributed by atoms with Crippen molar-refractivity contribution in [2.45, 2.75) is 26.2 Å². The van der Waals surface area contributed by atoms with Crippen LogP contribution in [0.2, 0.25) is 0 Å². The summed E-state index contributed by atoms with van der Waals surface area (Å²) in [7, 11) is 1.63. The molecule has 0 aliphatic carbocycles.